The number of carbonyl (C=O) groups is 1. The van der Waals surface area contributed by atoms with Gasteiger partial charge in [-0.25, -0.2) is 0 Å². The highest BCUT2D eigenvalue weighted by Crippen LogP contribution is 2.10. The summed E-state index contributed by atoms with van der Waals surface area (Å²) in [7, 11) is 0. The van der Waals surface area contributed by atoms with Crippen molar-refractivity contribution < 1.29 is 9.53 Å². The lowest BCUT2D eigenvalue weighted by Gasteiger charge is -2.09. The van der Waals surface area contributed by atoms with E-state index in [1.807, 2.05) is 18.2 Å². The van der Waals surface area contributed by atoms with E-state index in [1.54, 1.807) is 0 Å². The van der Waals surface area contributed by atoms with Gasteiger partial charge in [0.05, 0.1) is 6.61 Å². The summed E-state index contributed by atoms with van der Waals surface area (Å²) in [5.74, 6) is 0.888. The number of carbonyl (C=O) groups excluding carboxylic acids is 1. The Morgan fingerprint density at radius 2 is 2.14 bits per heavy atom. The molecule has 1 saturated heterocycles. The first kappa shape index (κ1) is 17.0. The van der Waals surface area contributed by atoms with E-state index in [-0.39, 0.29) is 5.91 Å². The van der Waals surface area contributed by atoms with Crippen LogP contribution in [0.4, 0.5) is 0 Å². The molecule has 22 heavy (non-hydrogen) atoms. The zero-order chi connectivity index (χ0) is 15.5. The fourth-order valence-electron chi connectivity index (χ4n) is 2.74. The summed E-state index contributed by atoms with van der Waals surface area (Å²) in [4.78, 5) is 11.7. The summed E-state index contributed by atoms with van der Waals surface area (Å²) in [5.41, 5.74) is 1.29. The van der Waals surface area contributed by atoms with Crippen molar-refractivity contribution in [3.8, 4) is 0 Å². The zero-order valence-corrected chi connectivity index (χ0v) is 13.4. The van der Waals surface area contributed by atoms with Crippen molar-refractivity contribution in [3.05, 3.63) is 35.9 Å². The maximum absolute atomic E-state index is 11.7. The van der Waals surface area contributed by atoms with Gasteiger partial charge in [-0.2, -0.15) is 0 Å². The summed E-state index contributed by atoms with van der Waals surface area (Å²) >= 11 is 0. The number of amides is 1. The maximum Gasteiger partial charge on any atom is 0.220 e. The van der Waals surface area contributed by atoms with Crippen LogP contribution in [0.2, 0.25) is 0 Å². The molecule has 0 saturated carbocycles. The van der Waals surface area contributed by atoms with Crippen LogP contribution in [0, 0.1) is 5.92 Å². The molecule has 1 aromatic rings. The molecule has 2 N–H and O–H groups in total. The number of hydrogen-bond donors (Lipinski definition) is 2. The average molecular weight is 304 g/mol. The Bertz CT molecular complexity index is 416. The van der Waals surface area contributed by atoms with Crippen LogP contribution in [-0.2, 0) is 16.0 Å². The molecule has 0 aromatic heterocycles. The molecule has 0 aliphatic carbocycles. The molecule has 1 fully saturated rings. The average Bonchev–Trinajstić information content (AvgIpc) is 3.05. The van der Waals surface area contributed by atoms with Gasteiger partial charge in [0.1, 0.15) is 0 Å². The second-order valence-corrected chi connectivity index (χ2v) is 5.95. The first-order valence-corrected chi connectivity index (χ1v) is 8.43. The number of benzene rings is 1. The van der Waals surface area contributed by atoms with Crippen molar-refractivity contribution in [2.24, 2.45) is 5.92 Å². The first-order valence-electron chi connectivity index (χ1n) is 8.43. The summed E-state index contributed by atoms with van der Waals surface area (Å²) in [6.45, 7) is 4.41. The zero-order valence-electron chi connectivity index (χ0n) is 13.4. The van der Waals surface area contributed by atoms with Gasteiger partial charge in [-0.15, -0.1) is 0 Å². The molecule has 4 nitrogen and oxygen atoms in total. The Morgan fingerprint density at radius 3 is 2.91 bits per heavy atom. The number of rotatable bonds is 10. The van der Waals surface area contributed by atoms with E-state index < -0.39 is 0 Å². The largest absolute Gasteiger partial charge is 0.381 e. The number of hydrogen-bond acceptors (Lipinski definition) is 3. The van der Waals surface area contributed by atoms with Crippen LogP contribution < -0.4 is 10.6 Å². The third-order valence-electron chi connectivity index (χ3n) is 4.11. The minimum atomic E-state index is 0.151. The molecule has 1 aliphatic heterocycles. The summed E-state index contributed by atoms with van der Waals surface area (Å²) in [6.07, 6.45) is 4.62. The Kier molecular flexibility index (Phi) is 7.99. The number of ether oxygens (including phenoxy) is 1. The van der Waals surface area contributed by atoms with Crippen LogP contribution in [0.25, 0.3) is 0 Å². The van der Waals surface area contributed by atoms with Crippen LogP contribution in [0.15, 0.2) is 30.3 Å². The molecule has 0 spiro atoms. The van der Waals surface area contributed by atoms with Crippen molar-refractivity contribution in [1.29, 1.82) is 0 Å². The minimum Gasteiger partial charge on any atom is -0.381 e. The molecule has 1 aliphatic rings. The topological polar surface area (TPSA) is 50.4 Å². The van der Waals surface area contributed by atoms with E-state index in [9.17, 15) is 4.79 Å². The Morgan fingerprint density at radius 1 is 1.27 bits per heavy atom. The SMILES string of the molecule is O=C(CCCOCCc1ccccc1)NCCC1CCNC1. The molecular weight excluding hydrogens is 276 g/mol. The van der Waals surface area contributed by atoms with Gasteiger partial charge in [0, 0.05) is 19.6 Å². The molecule has 1 heterocycles. The molecule has 0 radical (unpaired) electrons. The minimum absolute atomic E-state index is 0.151. The van der Waals surface area contributed by atoms with Gasteiger partial charge in [0.2, 0.25) is 5.91 Å². The van der Waals surface area contributed by atoms with E-state index in [2.05, 4.69) is 22.8 Å². The Hall–Kier alpha value is -1.39. The van der Waals surface area contributed by atoms with Crippen molar-refractivity contribution in [2.45, 2.75) is 32.1 Å². The molecule has 1 unspecified atom stereocenters. The van der Waals surface area contributed by atoms with Crippen LogP contribution >= 0.6 is 0 Å². The standard InChI is InChI=1S/C18H28N2O2/c21-18(20-12-9-17-8-11-19-15-17)7-4-13-22-14-10-16-5-2-1-3-6-16/h1-3,5-6,17,19H,4,7-15H2,(H,20,21). The van der Waals surface area contributed by atoms with Crippen molar-refractivity contribution in [1.82, 2.24) is 10.6 Å². The molecule has 122 valence electrons. The molecule has 1 atom stereocenters. The first-order chi connectivity index (χ1) is 10.8. The monoisotopic (exact) mass is 304 g/mol. The van der Waals surface area contributed by atoms with Crippen LogP contribution in [0.3, 0.4) is 0 Å². The predicted molar refractivity (Wildman–Crippen MR) is 88.8 cm³/mol. The molecule has 2 rings (SSSR count). The fourth-order valence-corrected chi connectivity index (χ4v) is 2.74. The summed E-state index contributed by atoms with van der Waals surface area (Å²) < 4.78 is 5.59. The molecule has 0 bridgehead atoms. The normalized spacial score (nSPS) is 17.5. The summed E-state index contributed by atoms with van der Waals surface area (Å²) in [5, 5.41) is 6.35. The third-order valence-corrected chi connectivity index (χ3v) is 4.11. The van der Waals surface area contributed by atoms with Gasteiger partial charge >= 0.3 is 0 Å². The fraction of sp³-hybridized carbons (Fsp3) is 0.611. The highest BCUT2D eigenvalue weighted by Gasteiger charge is 2.13. The quantitative estimate of drug-likeness (QED) is 0.651. The second kappa shape index (κ2) is 10.4. The Labute approximate surface area is 133 Å². The lowest BCUT2D eigenvalue weighted by Crippen LogP contribution is -2.26. The molecule has 1 aromatic carbocycles. The molecular formula is C18H28N2O2. The van der Waals surface area contributed by atoms with Gasteiger partial charge in [0.15, 0.2) is 0 Å². The van der Waals surface area contributed by atoms with Crippen LogP contribution in [-0.4, -0.2) is 38.8 Å². The van der Waals surface area contributed by atoms with E-state index in [1.165, 1.54) is 12.0 Å². The number of nitrogens with one attached hydrogen (secondary N) is 2. The van der Waals surface area contributed by atoms with Gasteiger partial charge < -0.3 is 15.4 Å². The third kappa shape index (κ3) is 7.05. The van der Waals surface area contributed by atoms with Gasteiger partial charge in [-0.05, 0) is 50.3 Å². The highest BCUT2D eigenvalue weighted by molar-refractivity contribution is 5.75. The molecule has 4 heteroatoms. The maximum atomic E-state index is 11.7. The van der Waals surface area contributed by atoms with E-state index in [0.717, 1.165) is 51.4 Å². The second-order valence-electron chi connectivity index (χ2n) is 5.95. The van der Waals surface area contributed by atoms with Crippen LogP contribution in [0.5, 0.6) is 0 Å². The summed E-state index contributed by atoms with van der Waals surface area (Å²) in [6, 6.07) is 10.3. The van der Waals surface area contributed by atoms with Gasteiger partial charge in [-0.1, -0.05) is 30.3 Å². The van der Waals surface area contributed by atoms with E-state index >= 15 is 0 Å². The lowest BCUT2D eigenvalue weighted by atomic mass is 10.1. The van der Waals surface area contributed by atoms with Crippen molar-refractivity contribution >= 4 is 5.91 Å². The van der Waals surface area contributed by atoms with Crippen molar-refractivity contribution in [3.63, 3.8) is 0 Å². The van der Waals surface area contributed by atoms with Crippen molar-refractivity contribution in [2.75, 3.05) is 32.8 Å². The molecule has 1 amide bonds. The van der Waals surface area contributed by atoms with Gasteiger partial charge in [-0.3, -0.25) is 4.79 Å². The van der Waals surface area contributed by atoms with Crippen LogP contribution in [0.1, 0.15) is 31.2 Å². The Balaban J connectivity index is 1.40. The predicted octanol–water partition coefficient (Wildman–Crippen LogP) is 2.14. The van der Waals surface area contributed by atoms with E-state index in [4.69, 9.17) is 4.74 Å². The smallest absolute Gasteiger partial charge is 0.220 e. The lowest BCUT2D eigenvalue weighted by molar-refractivity contribution is -0.121. The highest BCUT2D eigenvalue weighted by atomic mass is 16.5. The van der Waals surface area contributed by atoms with Gasteiger partial charge in [0.25, 0.3) is 0 Å². The van der Waals surface area contributed by atoms with E-state index in [0.29, 0.717) is 13.0 Å².